The maximum Gasteiger partial charge on any atom is 0.252 e. The summed E-state index contributed by atoms with van der Waals surface area (Å²) in [6.45, 7) is 2.29. The molecule has 1 spiro atoms. The Morgan fingerprint density at radius 3 is 2.72 bits per heavy atom. The maximum absolute atomic E-state index is 13.5. The van der Waals surface area contributed by atoms with Crippen LogP contribution in [-0.4, -0.2) is 68.9 Å². The number of aliphatic hydroxyl groups is 1. The predicted molar refractivity (Wildman–Crippen MR) is 105 cm³/mol. The van der Waals surface area contributed by atoms with Crippen LogP contribution in [0.25, 0.3) is 0 Å². The molecule has 1 aromatic carbocycles. The van der Waals surface area contributed by atoms with Crippen LogP contribution in [0.1, 0.15) is 17.5 Å². The van der Waals surface area contributed by atoms with E-state index >= 15 is 0 Å². The number of imide groups is 1. The Balaban J connectivity index is 1.41. The lowest BCUT2D eigenvalue weighted by Gasteiger charge is -2.58. The van der Waals surface area contributed by atoms with Gasteiger partial charge in [0.25, 0.3) is 5.91 Å². The summed E-state index contributed by atoms with van der Waals surface area (Å²) in [5.74, 6) is -0.415. The first kappa shape index (κ1) is 18.8. The van der Waals surface area contributed by atoms with Crippen LogP contribution in [0.5, 0.6) is 0 Å². The van der Waals surface area contributed by atoms with Crippen LogP contribution in [0.2, 0.25) is 5.02 Å². The molecule has 0 saturated carbocycles. The molecule has 3 fully saturated rings. The first-order valence-corrected chi connectivity index (χ1v) is 10.1. The van der Waals surface area contributed by atoms with Crippen molar-refractivity contribution >= 4 is 23.4 Å². The standard InChI is InChI=1S/C21H22ClN3O4/c22-16-3-1-2-14(6-16)9-24-19(27)18-7-17(26)10-25(18)21(20(24)28)12-23(13-21)8-15-4-5-29-11-15/h1-6,11,17-18,26H,7-10,12-13H2/t17-,18+/m1/s1. The van der Waals surface area contributed by atoms with Crippen LogP contribution in [0, 0.1) is 0 Å². The second kappa shape index (κ2) is 6.95. The molecule has 7 nitrogen and oxygen atoms in total. The number of carbonyl (C=O) groups is 2. The normalized spacial score (nSPS) is 26.8. The number of hydrogen-bond acceptors (Lipinski definition) is 6. The minimum absolute atomic E-state index is 0.184. The maximum atomic E-state index is 13.5. The minimum Gasteiger partial charge on any atom is -0.472 e. The molecule has 2 aromatic rings. The molecule has 3 aliphatic rings. The van der Waals surface area contributed by atoms with Gasteiger partial charge in [0, 0.05) is 36.8 Å². The van der Waals surface area contributed by atoms with Gasteiger partial charge in [-0.15, -0.1) is 0 Å². The number of rotatable bonds is 4. The average molecular weight is 416 g/mol. The number of fused-ring (bicyclic) bond motifs is 2. The van der Waals surface area contributed by atoms with Gasteiger partial charge in [-0.2, -0.15) is 0 Å². The first-order chi connectivity index (χ1) is 14.0. The Bertz CT molecular complexity index is 941. The number of likely N-dealkylation sites (tertiary alicyclic amines) is 1. The van der Waals surface area contributed by atoms with Gasteiger partial charge in [-0.1, -0.05) is 23.7 Å². The third-order valence-electron chi connectivity index (χ3n) is 6.21. The largest absolute Gasteiger partial charge is 0.472 e. The van der Waals surface area contributed by atoms with Crippen LogP contribution in [0.3, 0.4) is 0 Å². The summed E-state index contributed by atoms with van der Waals surface area (Å²) < 4.78 is 5.13. The van der Waals surface area contributed by atoms with E-state index in [1.54, 1.807) is 24.7 Å². The number of aliphatic hydroxyl groups excluding tert-OH is 1. The topological polar surface area (TPSA) is 77.2 Å². The number of nitrogens with zero attached hydrogens (tertiary/aromatic N) is 3. The van der Waals surface area contributed by atoms with Gasteiger partial charge >= 0.3 is 0 Å². The van der Waals surface area contributed by atoms with Crippen molar-refractivity contribution in [3.8, 4) is 0 Å². The summed E-state index contributed by atoms with van der Waals surface area (Å²) in [6, 6.07) is 8.66. The highest BCUT2D eigenvalue weighted by Gasteiger charge is 2.64. The Morgan fingerprint density at radius 1 is 1.17 bits per heavy atom. The van der Waals surface area contributed by atoms with E-state index in [2.05, 4.69) is 4.90 Å². The van der Waals surface area contributed by atoms with Crippen LogP contribution >= 0.6 is 11.6 Å². The summed E-state index contributed by atoms with van der Waals surface area (Å²) in [7, 11) is 0. The van der Waals surface area contributed by atoms with E-state index < -0.39 is 17.7 Å². The van der Waals surface area contributed by atoms with Crippen molar-refractivity contribution < 1.29 is 19.1 Å². The zero-order valence-electron chi connectivity index (χ0n) is 15.8. The minimum atomic E-state index is -0.766. The number of halogens is 1. The molecule has 1 aromatic heterocycles. The van der Waals surface area contributed by atoms with Crippen molar-refractivity contribution in [2.45, 2.75) is 37.2 Å². The van der Waals surface area contributed by atoms with Crippen molar-refractivity contribution in [1.29, 1.82) is 0 Å². The summed E-state index contributed by atoms with van der Waals surface area (Å²) in [4.78, 5) is 32.1. The SMILES string of the molecule is O=C1[C@@H]2C[C@@H](O)CN2C2(CN(Cc3ccoc3)C2)C(=O)N1Cc1cccc(Cl)c1. The van der Waals surface area contributed by atoms with Gasteiger partial charge in [0.15, 0.2) is 0 Å². The first-order valence-electron chi connectivity index (χ1n) is 9.75. The lowest BCUT2D eigenvalue weighted by Crippen LogP contribution is -2.81. The van der Waals surface area contributed by atoms with Crippen molar-refractivity contribution in [2.24, 2.45) is 0 Å². The van der Waals surface area contributed by atoms with Gasteiger partial charge in [-0.3, -0.25) is 24.3 Å². The number of furan rings is 1. The summed E-state index contributed by atoms with van der Waals surface area (Å²) in [5, 5.41) is 10.8. The number of carbonyl (C=O) groups excluding carboxylic acids is 2. The molecule has 0 unspecified atom stereocenters. The van der Waals surface area contributed by atoms with Gasteiger partial charge in [0.1, 0.15) is 5.54 Å². The molecule has 1 N–H and O–H groups in total. The van der Waals surface area contributed by atoms with E-state index in [1.807, 2.05) is 23.1 Å². The van der Waals surface area contributed by atoms with E-state index in [1.165, 1.54) is 4.90 Å². The smallest absolute Gasteiger partial charge is 0.252 e. The third kappa shape index (κ3) is 3.09. The zero-order chi connectivity index (χ0) is 20.2. The van der Waals surface area contributed by atoms with E-state index in [4.69, 9.17) is 16.0 Å². The monoisotopic (exact) mass is 415 g/mol. The zero-order valence-corrected chi connectivity index (χ0v) is 16.6. The third-order valence-corrected chi connectivity index (χ3v) is 6.44. The Morgan fingerprint density at radius 2 is 2.00 bits per heavy atom. The van der Waals surface area contributed by atoms with Crippen molar-refractivity contribution in [3.05, 3.63) is 59.0 Å². The van der Waals surface area contributed by atoms with Gasteiger partial charge < -0.3 is 9.52 Å². The van der Waals surface area contributed by atoms with E-state index in [9.17, 15) is 14.7 Å². The summed E-state index contributed by atoms with van der Waals surface area (Å²) >= 11 is 6.08. The Kier molecular flexibility index (Phi) is 4.51. The second-order valence-electron chi connectivity index (χ2n) is 8.23. The molecular formula is C21H22ClN3O4. The van der Waals surface area contributed by atoms with Crippen molar-refractivity contribution in [1.82, 2.24) is 14.7 Å². The van der Waals surface area contributed by atoms with Crippen molar-refractivity contribution in [2.75, 3.05) is 19.6 Å². The van der Waals surface area contributed by atoms with Crippen molar-refractivity contribution in [3.63, 3.8) is 0 Å². The molecule has 152 valence electrons. The molecule has 3 saturated heterocycles. The van der Waals surface area contributed by atoms with E-state index in [0.717, 1.165) is 11.1 Å². The molecule has 5 rings (SSSR count). The average Bonchev–Trinajstić information content (AvgIpc) is 3.30. The quantitative estimate of drug-likeness (QED) is 0.762. The molecule has 0 bridgehead atoms. The van der Waals surface area contributed by atoms with E-state index in [0.29, 0.717) is 37.6 Å². The molecule has 2 amide bonds. The van der Waals surface area contributed by atoms with Gasteiger partial charge in [0.05, 0.1) is 31.2 Å². The molecule has 8 heteroatoms. The molecular weight excluding hydrogens is 394 g/mol. The molecule has 2 atom stereocenters. The lowest BCUT2D eigenvalue weighted by atomic mass is 9.82. The number of benzene rings is 1. The van der Waals surface area contributed by atoms with Crippen LogP contribution < -0.4 is 0 Å². The fraction of sp³-hybridized carbons (Fsp3) is 0.429. The van der Waals surface area contributed by atoms with Crippen LogP contribution in [0.15, 0.2) is 47.3 Å². The van der Waals surface area contributed by atoms with Crippen LogP contribution in [-0.2, 0) is 22.7 Å². The predicted octanol–water partition coefficient (Wildman–Crippen LogP) is 1.49. The highest BCUT2D eigenvalue weighted by Crippen LogP contribution is 2.41. The molecule has 3 aliphatic heterocycles. The fourth-order valence-electron chi connectivity index (χ4n) is 4.91. The molecule has 4 heterocycles. The highest BCUT2D eigenvalue weighted by molar-refractivity contribution is 6.30. The Hall–Kier alpha value is -2.19. The lowest BCUT2D eigenvalue weighted by molar-refractivity contribution is -0.181. The molecule has 0 radical (unpaired) electrons. The summed E-state index contributed by atoms with van der Waals surface area (Å²) in [6.07, 6.45) is 3.10. The molecule has 0 aliphatic carbocycles. The fourth-order valence-corrected chi connectivity index (χ4v) is 5.12. The Labute approximate surface area is 173 Å². The number of piperazine rings is 1. The number of hydrogen-bond donors (Lipinski definition) is 1. The number of amides is 2. The highest BCUT2D eigenvalue weighted by atomic mass is 35.5. The molecule has 29 heavy (non-hydrogen) atoms. The van der Waals surface area contributed by atoms with E-state index in [-0.39, 0.29) is 18.4 Å². The van der Waals surface area contributed by atoms with Gasteiger partial charge in [-0.05, 0) is 30.2 Å². The summed E-state index contributed by atoms with van der Waals surface area (Å²) in [5.41, 5.74) is 1.10. The van der Waals surface area contributed by atoms with Gasteiger partial charge in [0.2, 0.25) is 5.91 Å². The number of β-amino-alcohol motifs (C(OH)–C–C–N with tert-alkyl or cyclic N) is 1. The van der Waals surface area contributed by atoms with Gasteiger partial charge in [-0.25, -0.2) is 0 Å². The van der Waals surface area contributed by atoms with Crippen LogP contribution in [0.4, 0.5) is 0 Å². The second-order valence-corrected chi connectivity index (χ2v) is 8.66.